The molecule has 0 heterocycles. The molecule has 2 rings (SSSR count). The van der Waals surface area contributed by atoms with Crippen LogP contribution in [0.25, 0.3) is 0 Å². The van der Waals surface area contributed by atoms with Gasteiger partial charge in [-0.15, -0.1) is 0 Å². The van der Waals surface area contributed by atoms with Crippen LogP contribution in [0.2, 0.25) is 0 Å². The van der Waals surface area contributed by atoms with Gasteiger partial charge in [-0.3, -0.25) is 4.79 Å². The highest BCUT2D eigenvalue weighted by Crippen LogP contribution is 2.38. The molecule has 0 saturated carbocycles. The van der Waals surface area contributed by atoms with Crippen LogP contribution < -0.4 is 9.47 Å². The van der Waals surface area contributed by atoms with E-state index in [1.54, 1.807) is 25.1 Å². The standard InChI is InChI=1S/C19H18BrF3O4/c1-3-26-18(24)9-12-4-6-16(25-2)17(8-12)27-15-7-5-14(19(21,22)23)10-13(15)11-20/h4-8,10H,3,9,11H2,1-2H3. The van der Waals surface area contributed by atoms with Gasteiger partial charge in [-0.05, 0) is 42.8 Å². The van der Waals surface area contributed by atoms with E-state index in [1.807, 2.05) is 0 Å². The van der Waals surface area contributed by atoms with Gasteiger partial charge in [0, 0.05) is 10.9 Å². The van der Waals surface area contributed by atoms with Gasteiger partial charge in [0.05, 0.1) is 25.7 Å². The molecule has 8 heteroatoms. The van der Waals surface area contributed by atoms with E-state index in [9.17, 15) is 18.0 Å². The summed E-state index contributed by atoms with van der Waals surface area (Å²) in [6, 6.07) is 8.17. The lowest BCUT2D eigenvalue weighted by Crippen LogP contribution is -2.08. The molecule has 0 unspecified atom stereocenters. The van der Waals surface area contributed by atoms with E-state index < -0.39 is 11.7 Å². The Labute approximate surface area is 163 Å². The van der Waals surface area contributed by atoms with Gasteiger partial charge >= 0.3 is 12.1 Å². The summed E-state index contributed by atoms with van der Waals surface area (Å²) in [4.78, 5) is 11.7. The zero-order valence-electron chi connectivity index (χ0n) is 14.7. The number of methoxy groups -OCH3 is 1. The Morgan fingerprint density at radius 2 is 1.78 bits per heavy atom. The molecular formula is C19H18BrF3O4. The first-order valence-electron chi connectivity index (χ1n) is 8.05. The Hall–Kier alpha value is -2.22. The van der Waals surface area contributed by atoms with Crippen molar-refractivity contribution < 1.29 is 32.2 Å². The molecule has 27 heavy (non-hydrogen) atoms. The fourth-order valence-electron chi connectivity index (χ4n) is 2.37. The number of carbonyl (C=O) groups is 1. The van der Waals surface area contributed by atoms with Crippen molar-refractivity contribution in [1.29, 1.82) is 0 Å². The summed E-state index contributed by atoms with van der Waals surface area (Å²) < 4.78 is 54.7. The molecule has 4 nitrogen and oxygen atoms in total. The number of carbonyl (C=O) groups excluding carboxylic acids is 1. The number of rotatable bonds is 7. The number of hydrogen-bond donors (Lipinski definition) is 0. The number of hydrogen-bond acceptors (Lipinski definition) is 4. The highest BCUT2D eigenvalue weighted by molar-refractivity contribution is 9.08. The first kappa shape index (κ1) is 21.1. The second kappa shape index (κ2) is 9.12. The average Bonchev–Trinajstić information content (AvgIpc) is 2.61. The van der Waals surface area contributed by atoms with E-state index in [0.717, 1.165) is 12.1 Å². The third kappa shape index (κ3) is 5.63. The molecule has 0 aliphatic rings. The molecule has 0 bridgehead atoms. The van der Waals surface area contributed by atoms with Crippen LogP contribution in [0.15, 0.2) is 36.4 Å². The van der Waals surface area contributed by atoms with Crippen molar-refractivity contribution >= 4 is 21.9 Å². The lowest BCUT2D eigenvalue weighted by molar-refractivity contribution is -0.142. The Balaban J connectivity index is 2.33. The molecule has 0 fully saturated rings. The molecule has 0 aliphatic heterocycles. The molecule has 146 valence electrons. The zero-order valence-corrected chi connectivity index (χ0v) is 16.3. The van der Waals surface area contributed by atoms with Gasteiger partial charge in [-0.25, -0.2) is 0 Å². The Bertz CT molecular complexity index is 806. The van der Waals surface area contributed by atoms with Crippen LogP contribution in [0.5, 0.6) is 17.2 Å². The minimum atomic E-state index is -4.44. The first-order chi connectivity index (χ1) is 12.8. The number of ether oxygens (including phenoxy) is 3. The van der Waals surface area contributed by atoms with Crippen LogP contribution in [0, 0.1) is 0 Å². The summed E-state index contributed by atoms with van der Waals surface area (Å²) in [5.41, 5.74) is 0.214. The SMILES string of the molecule is CCOC(=O)Cc1ccc(OC)c(Oc2ccc(C(F)(F)F)cc2CBr)c1. The first-order valence-corrected chi connectivity index (χ1v) is 9.17. The fourth-order valence-corrected chi connectivity index (χ4v) is 2.81. The van der Waals surface area contributed by atoms with Gasteiger partial charge in [-0.2, -0.15) is 13.2 Å². The second-order valence-corrected chi connectivity index (χ2v) is 6.08. The Kier molecular flexibility index (Phi) is 7.12. The van der Waals surface area contributed by atoms with Gasteiger partial charge in [-0.1, -0.05) is 22.0 Å². The maximum Gasteiger partial charge on any atom is 0.416 e. The Morgan fingerprint density at radius 3 is 2.37 bits per heavy atom. The minimum Gasteiger partial charge on any atom is -0.493 e. The fraction of sp³-hybridized carbons (Fsp3) is 0.316. The highest BCUT2D eigenvalue weighted by Gasteiger charge is 2.31. The van der Waals surface area contributed by atoms with Crippen molar-refractivity contribution in [2.24, 2.45) is 0 Å². The second-order valence-electron chi connectivity index (χ2n) is 5.52. The van der Waals surface area contributed by atoms with E-state index in [-0.39, 0.29) is 30.1 Å². The van der Waals surface area contributed by atoms with Gasteiger partial charge < -0.3 is 14.2 Å². The Morgan fingerprint density at radius 1 is 1.07 bits per heavy atom. The van der Waals surface area contributed by atoms with Gasteiger partial charge in [0.1, 0.15) is 5.75 Å². The maximum absolute atomic E-state index is 12.9. The molecule has 2 aromatic carbocycles. The number of esters is 1. The van der Waals surface area contributed by atoms with Crippen molar-refractivity contribution in [3.05, 3.63) is 53.1 Å². The number of alkyl halides is 4. The van der Waals surface area contributed by atoms with Crippen LogP contribution in [0.3, 0.4) is 0 Å². The lowest BCUT2D eigenvalue weighted by Gasteiger charge is -2.15. The van der Waals surface area contributed by atoms with Crippen molar-refractivity contribution in [3.8, 4) is 17.2 Å². The molecule has 0 atom stereocenters. The van der Waals surface area contributed by atoms with Crippen LogP contribution in [0.4, 0.5) is 13.2 Å². The molecule has 0 aliphatic carbocycles. The van der Waals surface area contributed by atoms with Crippen LogP contribution >= 0.6 is 15.9 Å². The quantitative estimate of drug-likeness (QED) is 0.415. The third-order valence-corrected chi connectivity index (χ3v) is 4.24. The molecule has 0 aromatic heterocycles. The van der Waals surface area contributed by atoms with Crippen molar-refractivity contribution in [2.75, 3.05) is 13.7 Å². The van der Waals surface area contributed by atoms with Crippen molar-refractivity contribution in [3.63, 3.8) is 0 Å². The van der Waals surface area contributed by atoms with E-state index in [4.69, 9.17) is 14.2 Å². The number of halogens is 4. The highest BCUT2D eigenvalue weighted by atomic mass is 79.9. The van der Waals surface area contributed by atoms with Gasteiger partial charge in [0.15, 0.2) is 11.5 Å². The smallest absolute Gasteiger partial charge is 0.416 e. The summed E-state index contributed by atoms with van der Waals surface area (Å²) in [6.07, 6.45) is -4.39. The lowest BCUT2D eigenvalue weighted by atomic mass is 10.1. The predicted molar refractivity (Wildman–Crippen MR) is 97.5 cm³/mol. The predicted octanol–water partition coefficient (Wildman–Crippen LogP) is 5.51. The van der Waals surface area contributed by atoms with E-state index in [1.165, 1.54) is 13.2 Å². The molecule has 0 radical (unpaired) electrons. The summed E-state index contributed by atoms with van der Waals surface area (Å²) >= 11 is 3.18. The number of benzene rings is 2. The normalized spacial score (nSPS) is 11.2. The van der Waals surface area contributed by atoms with E-state index in [2.05, 4.69) is 15.9 Å². The summed E-state index contributed by atoms with van der Waals surface area (Å²) in [5.74, 6) is 0.556. The van der Waals surface area contributed by atoms with Gasteiger partial charge in [0.2, 0.25) is 0 Å². The van der Waals surface area contributed by atoms with Crippen LogP contribution in [-0.2, 0) is 27.5 Å². The van der Waals surface area contributed by atoms with Gasteiger partial charge in [0.25, 0.3) is 0 Å². The molecule has 0 saturated heterocycles. The average molecular weight is 447 g/mol. The maximum atomic E-state index is 12.9. The molecule has 0 spiro atoms. The monoisotopic (exact) mass is 446 g/mol. The van der Waals surface area contributed by atoms with E-state index in [0.29, 0.717) is 22.6 Å². The van der Waals surface area contributed by atoms with Crippen molar-refractivity contribution in [2.45, 2.75) is 24.9 Å². The summed E-state index contributed by atoms with van der Waals surface area (Å²) in [7, 11) is 1.45. The zero-order chi connectivity index (χ0) is 20.0. The minimum absolute atomic E-state index is 0.0481. The summed E-state index contributed by atoms with van der Waals surface area (Å²) in [5, 5.41) is 0.178. The molecule has 0 amide bonds. The van der Waals surface area contributed by atoms with E-state index >= 15 is 0 Å². The van der Waals surface area contributed by atoms with Crippen LogP contribution in [-0.4, -0.2) is 19.7 Å². The molecular weight excluding hydrogens is 429 g/mol. The topological polar surface area (TPSA) is 44.8 Å². The van der Waals surface area contributed by atoms with Crippen LogP contribution in [0.1, 0.15) is 23.6 Å². The molecule has 0 N–H and O–H groups in total. The molecule has 2 aromatic rings. The van der Waals surface area contributed by atoms with Crippen molar-refractivity contribution in [1.82, 2.24) is 0 Å². The summed E-state index contributed by atoms with van der Waals surface area (Å²) in [6.45, 7) is 1.99. The third-order valence-electron chi connectivity index (χ3n) is 3.63. The largest absolute Gasteiger partial charge is 0.493 e.